The number of rotatable bonds is 7. The third-order valence-corrected chi connectivity index (χ3v) is 2.69. The molecule has 0 aromatic carbocycles. The van der Waals surface area contributed by atoms with Gasteiger partial charge in [-0.1, -0.05) is 27.7 Å². The van der Waals surface area contributed by atoms with E-state index in [1.807, 2.05) is 27.7 Å². The lowest BCUT2D eigenvalue weighted by Crippen LogP contribution is -2.36. The Morgan fingerprint density at radius 3 is 2.28 bits per heavy atom. The molecule has 18 heavy (non-hydrogen) atoms. The normalized spacial score (nSPS) is 14.9. The highest BCUT2D eigenvalue weighted by molar-refractivity contribution is 5.77. The van der Waals surface area contributed by atoms with Crippen LogP contribution in [0.25, 0.3) is 0 Å². The van der Waals surface area contributed by atoms with E-state index in [4.69, 9.17) is 10.8 Å². The van der Waals surface area contributed by atoms with E-state index in [0.29, 0.717) is 19.4 Å². The molecule has 0 saturated carbocycles. The van der Waals surface area contributed by atoms with Gasteiger partial charge in [-0.2, -0.15) is 0 Å². The molecule has 0 rings (SSSR count). The van der Waals surface area contributed by atoms with Gasteiger partial charge >= 0.3 is 5.97 Å². The first-order valence-corrected chi connectivity index (χ1v) is 6.35. The minimum absolute atomic E-state index is 0.0711. The van der Waals surface area contributed by atoms with Gasteiger partial charge in [0, 0.05) is 13.0 Å². The van der Waals surface area contributed by atoms with Crippen LogP contribution < -0.4 is 11.1 Å². The number of carbonyl (C=O) groups is 2. The summed E-state index contributed by atoms with van der Waals surface area (Å²) < 4.78 is 0. The van der Waals surface area contributed by atoms with Gasteiger partial charge in [-0.05, 0) is 24.3 Å². The molecule has 5 nitrogen and oxygen atoms in total. The Bertz CT molecular complexity index is 284. The zero-order valence-corrected chi connectivity index (χ0v) is 11.8. The lowest BCUT2D eigenvalue weighted by atomic mass is 9.84. The average Bonchev–Trinajstić information content (AvgIpc) is 2.22. The zero-order chi connectivity index (χ0) is 14.3. The molecule has 0 aromatic rings. The summed E-state index contributed by atoms with van der Waals surface area (Å²) >= 11 is 0. The minimum atomic E-state index is -0.864. The van der Waals surface area contributed by atoms with Crippen molar-refractivity contribution in [3.63, 3.8) is 0 Å². The van der Waals surface area contributed by atoms with Crippen molar-refractivity contribution in [2.75, 3.05) is 13.1 Å². The topological polar surface area (TPSA) is 92.4 Å². The number of amides is 1. The van der Waals surface area contributed by atoms with Gasteiger partial charge < -0.3 is 16.2 Å². The van der Waals surface area contributed by atoms with E-state index in [1.54, 1.807) is 0 Å². The Kier molecular flexibility index (Phi) is 6.91. The summed E-state index contributed by atoms with van der Waals surface area (Å²) in [5, 5.41) is 11.8. The number of hydrogen-bond donors (Lipinski definition) is 3. The number of carboxylic acid groups (broad SMARTS) is 1. The first-order chi connectivity index (χ1) is 8.15. The van der Waals surface area contributed by atoms with E-state index in [0.717, 1.165) is 0 Å². The van der Waals surface area contributed by atoms with E-state index in [1.165, 1.54) is 0 Å². The van der Waals surface area contributed by atoms with E-state index in [9.17, 15) is 9.59 Å². The van der Waals surface area contributed by atoms with Gasteiger partial charge in [-0.15, -0.1) is 0 Å². The molecule has 0 radical (unpaired) electrons. The molecule has 2 atom stereocenters. The molecule has 1 amide bonds. The fourth-order valence-electron chi connectivity index (χ4n) is 1.70. The zero-order valence-electron chi connectivity index (χ0n) is 11.8. The molecule has 0 fully saturated rings. The number of nitrogens with two attached hydrogens (primary N) is 1. The molecule has 0 aliphatic rings. The van der Waals surface area contributed by atoms with Gasteiger partial charge in [0.15, 0.2) is 0 Å². The fourth-order valence-corrected chi connectivity index (χ4v) is 1.70. The molecule has 2 unspecified atom stereocenters. The maximum absolute atomic E-state index is 11.5. The second kappa shape index (κ2) is 7.36. The Labute approximate surface area is 109 Å². The molecule has 4 N–H and O–H groups in total. The highest BCUT2D eigenvalue weighted by Crippen LogP contribution is 2.24. The van der Waals surface area contributed by atoms with Crippen LogP contribution in [0, 0.1) is 17.3 Å². The van der Waals surface area contributed by atoms with Crippen molar-refractivity contribution in [1.82, 2.24) is 5.32 Å². The summed E-state index contributed by atoms with van der Waals surface area (Å²) in [6.45, 7) is 8.49. The highest BCUT2D eigenvalue weighted by Gasteiger charge is 2.25. The van der Waals surface area contributed by atoms with Crippen molar-refractivity contribution >= 4 is 11.9 Å². The number of nitrogens with one attached hydrogen (secondary N) is 1. The van der Waals surface area contributed by atoms with E-state index in [2.05, 4.69) is 5.32 Å². The number of aliphatic carboxylic acids is 1. The van der Waals surface area contributed by atoms with Crippen LogP contribution in [0.4, 0.5) is 0 Å². The Morgan fingerprint density at radius 2 is 1.89 bits per heavy atom. The standard InChI is InChI=1S/C13H26N2O3/c1-9(7-14)5-11(16)15-8-10(12(17)18)6-13(2,3)4/h9-10H,5-8,14H2,1-4H3,(H,15,16)(H,17,18). The van der Waals surface area contributed by atoms with E-state index >= 15 is 0 Å². The smallest absolute Gasteiger partial charge is 0.308 e. The highest BCUT2D eigenvalue weighted by atomic mass is 16.4. The van der Waals surface area contributed by atoms with Gasteiger partial charge in [-0.3, -0.25) is 9.59 Å². The van der Waals surface area contributed by atoms with Crippen molar-refractivity contribution in [2.45, 2.75) is 40.5 Å². The Morgan fingerprint density at radius 1 is 1.33 bits per heavy atom. The predicted octanol–water partition coefficient (Wildman–Crippen LogP) is 1.22. The van der Waals surface area contributed by atoms with Gasteiger partial charge in [0.1, 0.15) is 0 Å². The molecule has 0 aromatic heterocycles. The van der Waals surface area contributed by atoms with Gasteiger partial charge in [0.25, 0.3) is 0 Å². The monoisotopic (exact) mass is 258 g/mol. The number of hydrogen-bond acceptors (Lipinski definition) is 3. The molecule has 0 heterocycles. The molecule has 5 heteroatoms. The van der Waals surface area contributed by atoms with Crippen molar-refractivity contribution in [3.05, 3.63) is 0 Å². The van der Waals surface area contributed by atoms with Gasteiger partial charge in [0.2, 0.25) is 5.91 Å². The largest absolute Gasteiger partial charge is 0.481 e. The second-order valence-electron chi connectivity index (χ2n) is 6.15. The summed E-state index contributed by atoms with van der Waals surface area (Å²) in [6.07, 6.45) is 0.882. The molecule has 0 spiro atoms. The Hall–Kier alpha value is -1.10. The lowest BCUT2D eigenvalue weighted by Gasteiger charge is -2.23. The van der Waals surface area contributed by atoms with Crippen LogP contribution in [0.1, 0.15) is 40.5 Å². The van der Waals surface area contributed by atoms with Crippen LogP contribution >= 0.6 is 0 Å². The summed E-state index contributed by atoms with van der Waals surface area (Å²) in [7, 11) is 0. The van der Waals surface area contributed by atoms with Crippen LogP contribution in [0.3, 0.4) is 0 Å². The van der Waals surface area contributed by atoms with Crippen molar-refractivity contribution in [2.24, 2.45) is 23.0 Å². The summed E-state index contributed by atoms with van der Waals surface area (Å²) in [6, 6.07) is 0. The molecular weight excluding hydrogens is 232 g/mol. The third-order valence-electron chi connectivity index (χ3n) is 2.69. The molecule has 0 aliphatic carbocycles. The van der Waals surface area contributed by atoms with Crippen LogP contribution in [0.5, 0.6) is 0 Å². The average molecular weight is 258 g/mol. The molecule has 106 valence electrons. The summed E-state index contributed by atoms with van der Waals surface area (Å²) in [4.78, 5) is 22.6. The first kappa shape index (κ1) is 16.9. The van der Waals surface area contributed by atoms with Crippen LogP contribution in [-0.2, 0) is 9.59 Å². The molecular formula is C13H26N2O3. The van der Waals surface area contributed by atoms with E-state index in [-0.39, 0.29) is 23.8 Å². The second-order valence-corrected chi connectivity index (χ2v) is 6.15. The maximum atomic E-state index is 11.5. The number of carbonyl (C=O) groups excluding carboxylic acids is 1. The predicted molar refractivity (Wildman–Crippen MR) is 71.0 cm³/mol. The van der Waals surface area contributed by atoms with Gasteiger partial charge in [0.05, 0.1) is 5.92 Å². The van der Waals surface area contributed by atoms with Crippen molar-refractivity contribution in [3.8, 4) is 0 Å². The van der Waals surface area contributed by atoms with Crippen molar-refractivity contribution < 1.29 is 14.7 Å². The van der Waals surface area contributed by atoms with Crippen LogP contribution in [0.15, 0.2) is 0 Å². The van der Waals surface area contributed by atoms with Crippen LogP contribution in [-0.4, -0.2) is 30.1 Å². The molecule has 0 saturated heterocycles. The van der Waals surface area contributed by atoms with Crippen LogP contribution in [0.2, 0.25) is 0 Å². The third kappa shape index (κ3) is 8.06. The summed E-state index contributed by atoms with van der Waals surface area (Å²) in [5.74, 6) is -1.41. The fraction of sp³-hybridized carbons (Fsp3) is 0.846. The first-order valence-electron chi connectivity index (χ1n) is 6.35. The summed E-state index contributed by atoms with van der Waals surface area (Å²) in [5.41, 5.74) is 5.36. The van der Waals surface area contributed by atoms with Crippen molar-refractivity contribution in [1.29, 1.82) is 0 Å². The molecule has 0 bridgehead atoms. The van der Waals surface area contributed by atoms with E-state index < -0.39 is 11.9 Å². The molecule has 0 aliphatic heterocycles. The quantitative estimate of drug-likeness (QED) is 0.640. The van der Waals surface area contributed by atoms with Gasteiger partial charge in [-0.25, -0.2) is 0 Å². The Balaban J connectivity index is 4.20. The maximum Gasteiger partial charge on any atom is 0.308 e. The SMILES string of the molecule is CC(CN)CC(=O)NCC(CC(C)(C)C)C(=O)O. The number of carboxylic acids is 1. The lowest BCUT2D eigenvalue weighted by molar-refractivity contribution is -0.142. The minimum Gasteiger partial charge on any atom is -0.481 e.